The molecule has 0 radical (unpaired) electrons. The van der Waals surface area contributed by atoms with Crippen LogP contribution in [-0.2, 0) is 38.5 Å². The van der Waals surface area contributed by atoms with Crippen LogP contribution in [0.2, 0.25) is 0 Å². The molecule has 4 aliphatic rings. The van der Waals surface area contributed by atoms with Gasteiger partial charge in [0.1, 0.15) is 18.2 Å². The molecule has 4 aliphatic carbocycles. The molecule has 4 fully saturated rings. The molecule has 2 amide bonds. The van der Waals surface area contributed by atoms with Crippen LogP contribution in [0, 0.1) is 23.7 Å². The third-order valence-electron chi connectivity index (χ3n) is 10.8. The Kier molecular flexibility index (Phi) is 9.24. The predicted octanol–water partition coefficient (Wildman–Crippen LogP) is 6.88. The molecule has 48 heavy (non-hydrogen) atoms. The van der Waals surface area contributed by atoms with Crippen molar-refractivity contribution in [2.75, 3.05) is 0 Å². The number of rotatable bonds is 12. The average molecular weight is 648 g/mol. The van der Waals surface area contributed by atoms with Gasteiger partial charge in [0.2, 0.25) is 5.91 Å². The zero-order valence-electron chi connectivity index (χ0n) is 27.5. The van der Waals surface area contributed by atoms with E-state index in [1.807, 2.05) is 91.1 Å². The van der Waals surface area contributed by atoms with E-state index in [0.717, 1.165) is 65.1 Å². The molecular formula is C40H45N3O5. The maximum atomic E-state index is 14.4. The largest absolute Gasteiger partial charge is 0.461 e. The van der Waals surface area contributed by atoms with Gasteiger partial charge in [-0.2, -0.15) is 0 Å². The van der Waals surface area contributed by atoms with Crippen molar-refractivity contribution in [1.29, 1.82) is 0 Å². The van der Waals surface area contributed by atoms with Gasteiger partial charge >= 0.3 is 12.1 Å². The molecule has 8 rings (SSSR count). The number of ether oxygens (including phenoxy) is 2. The van der Waals surface area contributed by atoms with Crippen LogP contribution in [0.3, 0.4) is 0 Å². The van der Waals surface area contributed by atoms with Crippen molar-refractivity contribution in [1.82, 2.24) is 15.6 Å². The van der Waals surface area contributed by atoms with E-state index in [1.165, 1.54) is 6.42 Å². The van der Waals surface area contributed by atoms with Gasteiger partial charge in [-0.05, 0) is 91.9 Å². The molecule has 0 aliphatic heterocycles. The number of esters is 1. The van der Waals surface area contributed by atoms with Crippen LogP contribution in [0.4, 0.5) is 4.79 Å². The van der Waals surface area contributed by atoms with Gasteiger partial charge in [0.25, 0.3) is 0 Å². The van der Waals surface area contributed by atoms with Gasteiger partial charge in [-0.25, -0.2) is 4.79 Å². The molecule has 4 aromatic rings. The summed E-state index contributed by atoms with van der Waals surface area (Å²) in [5.74, 6) is 1.53. The number of carbonyl (C=O) groups excluding carboxylic acids is 3. The summed E-state index contributed by atoms with van der Waals surface area (Å²) in [5, 5.41) is 7.14. The molecule has 0 spiro atoms. The van der Waals surface area contributed by atoms with Crippen molar-refractivity contribution >= 4 is 28.9 Å². The molecule has 1 heterocycles. The average Bonchev–Trinajstić information content (AvgIpc) is 3.48. The Morgan fingerprint density at radius 1 is 0.833 bits per heavy atom. The highest BCUT2D eigenvalue weighted by Crippen LogP contribution is 2.54. The monoisotopic (exact) mass is 647 g/mol. The third-order valence-corrected chi connectivity index (χ3v) is 10.8. The first-order valence-electron chi connectivity index (χ1n) is 17.4. The van der Waals surface area contributed by atoms with Crippen molar-refractivity contribution in [2.24, 2.45) is 23.7 Å². The first kappa shape index (κ1) is 32.0. The molecule has 4 saturated carbocycles. The van der Waals surface area contributed by atoms with Crippen LogP contribution in [0.5, 0.6) is 0 Å². The number of hydrogen-bond acceptors (Lipinski definition) is 5. The first-order valence-corrected chi connectivity index (χ1v) is 17.4. The van der Waals surface area contributed by atoms with Crippen molar-refractivity contribution < 1.29 is 23.9 Å². The number of carbonyl (C=O) groups is 3. The van der Waals surface area contributed by atoms with E-state index < -0.39 is 23.6 Å². The van der Waals surface area contributed by atoms with E-state index in [1.54, 1.807) is 6.92 Å². The standard InChI is InChI=1S/C40H45N3O5/c1-40(23-32-24-41-35-15-9-8-14-34(32)35,43-39(46)48-37-30-17-28-16-29(19-30)20-31(37)18-28)38(45)42-33(21-26-10-4-2-5-11-26)22-36(44)47-25-27-12-6-3-7-13-27/h2-15,24,28-31,33,37,41H,16-23,25H2,1H3,(H,42,45)(H,43,46)/t28?,29?,30?,31?,33-,37?,40+/m1/s1. The second-order valence-corrected chi connectivity index (χ2v) is 14.5. The lowest BCUT2D eigenvalue weighted by molar-refractivity contribution is -0.145. The summed E-state index contributed by atoms with van der Waals surface area (Å²) in [5.41, 5.74) is 2.36. The molecule has 250 valence electrons. The topological polar surface area (TPSA) is 110 Å². The van der Waals surface area contributed by atoms with Crippen molar-refractivity contribution in [3.05, 3.63) is 108 Å². The normalized spacial score (nSPS) is 24.4. The van der Waals surface area contributed by atoms with Crippen LogP contribution in [-0.4, -0.2) is 40.6 Å². The fraction of sp³-hybridized carbons (Fsp3) is 0.425. The number of aromatic nitrogens is 1. The summed E-state index contributed by atoms with van der Waals surface area (Å²) in [7, 11) is 0. The second-order valence-electron chi connectivity index (χ2n) is 14.5. The Morgan fingerprint density at radius 2 is 1.46 bits per heavy atom. The van der Waals surface area contributed by atoms with Crippen molar-refractivity contribution in [3.8, 4) is 0 Å². The Balaban J connectivity index is 1.10. The van der Waals surface area contributed by atoms with Crippen LogP contribution in [0.15, 0.2) is 91.1 Å². The molecule has 0 saturated heterocycles. The molecule has 8 heteroatoms. The van der Waals surface area contributed by atoms with Gasteiger partial charge < -0.3 is 25.1 Å². The lowest BCUT2D eigenvalue weighted by Gasteiger charge is -2.53. The molecule has 2 atom stereocenters. The van der Waals surface area contributed by atoms with Crippen LogP contribution in [0.1, 0.15) is 62.1 Å². The summed E-state index contributed by atoms with van der Waals surface area (Å²) >= 11 is 0. The van der Waals surface area contributed by atoms with E-state index in [9.17, 15) is 14.4 Å². The SMILES string of the molecule is C[C@@](Cc1c[nH]c2ccccc12)(NC(=O)OC1C2CC3CC(C2)CC1C3)C(=O)N[C@@H](CC(=O)OCc1ccccc1)Cc1ccccc1. The van der Waals surface area contributed by atoms with E-state index in [4.69, 9.17) is 9.47 Å². The van der Waals surface area contributed by atoms with E-state index in [-0.39, 0.29) is 31.5 Å². The highest BCUT2D eigenvalue weighted by molar-refractivity contribution is 5.92. The molecule has 3 N–H and O–H groups in total. The number of fused-ring (bicyclic) bond motifs is 1. The fourth-order valence-electron chi connectivity index (χ4n) is 8.70. The van der Waals surface area contributed by atoms with Crippen molar-refractivity contribution in [2.45, 2.75) is 82.6 Å². The van der Waals surface area contributed by atoms with Gasteiger partial charge in [-0.15, -0.1) is 0 Å². The van der Waals surface area contributed by atoms with Gasteiger partial charge in [0.15, 0.2) is 0 Å². The van der Waals surface area contributed by atoms with Crippen LogP contribution in [0.25, 0.3) is 10.9 Å². The summed E-state index contributed by atoms with van der Waals surface area (Å²) < 4.78 is 11.8. The lowest BCUT2D eigenvalue weighted by Crippen LogP contribution is -2.61. The number of amides is 2. The maximum absolute atomic E-state index is 14.4. The lowest BCUT2D eigenvalue weighted by atomic mass is 9.55. The summed E-state index contributed by atoms with van der Waals surface area (Å²) in [6.45, 7) is 1.90. The molecule has 4 bridgehead atoms. The van der Waals surface area contributed by atoms with Gasteiger partial charge in [-0.3, -0.25) is 9.59 Å². The zero-order valence-corrected chi connectivity index (χ0v) is 27.5. The number of H-pyrrole nitrogens is 1. The maximum Gasteiger partial charge on any atom is 0.408 e. The molecule has 0 unspecified atom stereocenters. The highest BCUT2D eigenvalue weighted by Gasteiger charge is 2.50. The summed E-state index contributed by atoms with van der Waals surface area (Å²) in [4.78, 5) is 44.5. The Bertz CT molecular complexity index is 1710. The number of para-hydroxylation sites is 1. The highest BCUT2D eigenvalue weighted by atomic mass is 16.6. The minimum Gasteiger partial charge on any atom is -0.461 e. The van der Waals surface area contributed by atoms with Crippen molar-refractivity contribution in [3.63, 3.8) is 0 Å². The number of hydrogen-bond donors (Lipinski definition) is 3. The number of alkyl carbamates (subject to hydrolysis) is 1. The Hall–Kier alpha value is -4.59. The minimum absolute atomic E-state index is 0.0190. The summed E-state index contributed by atoms with van der Waals surface area (Å²) in [6.07, 6.45) is 7.68. The van der Waals surface area contributed by atoms with Gasteiger partial charge in [0.05, 0.1) is 6.42 Å². The van der Waals surface area contributed by atoms with E-state index in [0.29, 0.717) is 18.3 Å². The molecule has 3 aromatic carbocycles. The quantitative estimate of drug-likeness (QED) is 0.145. The smallest absolute Gasteiger partial charge is 0.408 e. The Morgan fingerprint density at radius 3 is 2.15 bits per heavy atom. The third kappa shape index (κ3) is 7.28. The predicted molar refractivity (Wildman–Crippen MR) is 184 cm³/mol. The van der Waals surface area contributed by atoms with Crippen LogP contribution >= 0.6 is 0 Å². The zero-order chi connectivity index (χ0) is 33.1. The number of aromatic amines is 1. The number of nitrogens with one attached hydrogen (secondary N) is 3. The van der Waals surface area contributed by atoms with Gasteiger partial charge in [-0.1, -0.05) is 78.9 Å². The summed E-state index contributed by atoms with van der Waals surface area (Å²) in [6, 6.07) is 26.6. The van der Waals surface area contributed by atoms with Crippen LogP contribution < -0.4 is 10.6 Å². The minimum atomic E-state index is -1.36. The first-order chi connectivity index (χ1) is 23.3. The Labute approximate surface area is 282 Å². The second kappa shape index (κ2) is 13.9. The number of benzene rings is 3. The molecule has 1 aromatic heterocycles. The van der Waals surface area contributed by atoms with Gasteiger partial charge in [0, 0.05) is 29.6 Å². The fourth-order valence-corrected chi connectivity index (χ4v) is 8.70. The molecule has 8 nitrogen and oxygen atoms in total. The molecular weight excluding hydrogens is 602 g/mol. The van der Waals surface area contributed by atoms with E-state index >= 15 is 0 Å². The van der Waals surface area contributed by atoms with E-state index in [2.05, 4.69) is 15.6 Å².